The van der Waals surface area contributed by atoms with Crippen LogP contribution in [0.1, 0.15) is 18.1 Å². The zero-order valence-corrected chi connectivity index (χ0v) is 11.3. The summed E-state index contributed by atoms with van der Waals surface area (Å²) in [6.07, 6.45) is 1.48. The Morgan fingerprint density at radius 2 is 1.81 bits per heavy atom. The third-order valence-electron chi connectivity index (χ3n) is 3.63. The van der Waals surface area contributed by atoms with Crippen LogP contribution >= 0.6 is 0 Å². The lowest BCUT2D eigenvalue weighted by atomic mass is 9.88. The fraction of sp³-hybridized carbons (Fsp3) is 0.118. The van der Waals surface area contributed by atoms with Gasteiger partial charge in [0.1, 0.15) is 5.60 Å². The maximum Gasteiger partial charge on any atom is 0.165 e. The topological polar surface area (TPSA) is 33.1 Å². The lowest BCUT2D eigenvalue weighted by Crippen LogP contribution is -2.25. The zero-order valence-electron chi connectivity index (χ0n) is 11.3. The summed E-state index contributed by atoms with van der Waals surface area (Å²) in [4.78, 5) is 4.25. The molecule has 0 fully saturated rings. The number of rotatable bonds is 2. The van der Waals surface area contributed by atoms with E-state index in [4.69, 9.17) is 0 Å². The van der Waals surface area contributed by atoms with Crippen LogP contribution < -0.4 is 0 Å². The molecule has 0 aliphatic carbocycles. The van der Waals surface area contributed by atoms with Crippen molar-refractivity contribution in [1.29, 1.82) is 0 Å². The van der Waals surface area contributed by atoms with Gasteiger partial charge in [0.05, 0.1) is 5.52 Å². The highest BCUT2D eigenvalue weighted by molar-refractivity contribution is 5.79. The lowest BCUT2D eigenvalue weighted by Gasteiger charge is -2.25. The maximum absolute atomic E-state index is 13.9. The van der Waals surface area contributed by atoms with E-state index in [1.165, 1.54) is 25.3 Å². The number of aromatic nitrogens is 1. The standard InChI is InChI=1S/C17H13F2NO/c1-17(21,13-6-4-7-14(18)16(13)19)12-9-11-5-2-3-8-15(11)20-10-12/h2-10,21H,1H3. The average Bonchev–Trinajstić information content (AvgIpc) is 2.49. The van der Waals surface area contributed by atoms with Crippen LogP contribution in [0.2, 0.25) is 0 Å². The molecule has 0 aliphatic heterocycles. The summed E-state index contributed by atoms with van der Waals surface area (Å²) < 4.78 is 27.3. The summed E-state index contributed by atoms with van der Waals surface area (Å²) in [5.74, 6) is -2.03. The minimum Gasteiger partial charge on any atom is -0.381 e. The van der Waals surface area contributed by atoms with Crippen molar-refractivity contribution in [3.63, 3.8) is 0 Å². The van der Waals surface area contributed by atoms with Crippen molar-refractivity contribution >= 4 is 10.9 Å². The predicted molar refractivity (Wildman–Crippen MR) is 76.8 cm³/mol. The van der Waals surface area contributed by atoms with Crippen LogP contribution in [0.4, 0.5) is 8.78 Å². The smallest absolute Gasteiger partial charge is 0.165 e. The number of aliphatic hydroxyl groups is 1. The Morgan fingerprint density at radius 3 is 2.62 bits per heavy atom. The number of benzene rings is 2. The largest absolute Gasteiger partial charge is 0.381 e. The van der Waals surface area contributed by atoms with E-state index in [1.54, 1.807) is 6.07 Å². The van der Waals surface area contributed by atoms with Crippen molar-refractivity contribution in [2.24, 2.45) is 0 Å². The van der Waals surface area contributed by atoms with Gasteiger partial charge < -0.3 is 5.11 Å². The molecule has 106 valence electrons. The molecule has 1 aromatic heterocycles. The molecule has 0 bridgehead atoms. The van der Waals surface area contributed by atoms with Crippen LogP contribution in [0.5, 0.6) is 0 Å². The molecule has 0 aliphatic rings. The van der Waals surface area contributed by atoms with Gasteiger partial charge >= 0.3 is 0 Å². The van der Waals surface area contributed by atoms with Crippen LogP contribution in [-0.2, 0) is 5.60 Å². The van der Waals surface area contributed by atoms with Gasteiger partial charge in [0.2, 0.25) is 0 Å². The molecule has 0 saturated heterocycles. The fourth-order valence-electron chi connectivity index (χ4n) is 2.37. The van der Waals surface area contributed by atoms with Gasteiger partial charge in [-0.1, -0.05) is 30.3 Å². The summed E-state index contributed by atoms with van der Waals surface area (Å²) >= 11 is 0. The third kappa shape index (κ3) is 2.28. The molecule has 0 spiro atoms. The first kappa shape index (κ1) is 13.6. The van der Waals surface area contributed by atoms with Crippen molar-refractivity contribution in [3.8, 4) is 0 Å². The molecular weight excluding hydrogens is 272 g/mol. The molecule has 1 atom stereocenters. The van der Waals surface area contributed by atoms with Gasteiger partial charge in [-0.3, -0.25) is 4.98 Å². The molecule has 1 N–H and O–H groups in total. The Bertz CT molecular complexity index is 815. The van der Waals surface area contributed by atoms with Crippen LogP contribution in [0.15, 0.2) is 54.7 Å². The van der Waals surface area contributed by atoms with Gasteiger partial charge in [-0.15, -0.1) is 0 Å². The molecule has 0 radical (unpaired) electrons. The zero-order chi connectivity index (χ0) is 15.0. The number of fused-ring (bicyclic) bond motifs is 1. The van der Waals surface area contributed by atoms with E-state index in [1.807, 2.05) is 24.3 Å². The van der Waals surface area contributed by atoms with E-state index in [0.717, 1.165) is 17.0 Å². The van der Waals surface area contributed by atoms with E-state index in [-0.39, 0.29) is 5.56 Å². The molecule has 3 rings (SSSR count). The number of hydrogen-bond acceptors (Lipinski definition) is 2. The Hall–Kier alpha value is -2.33. The van der Waals surface area contributed by atoms with Crippen LogP contribution in [0.25, 0.3) is 10.9 Å². The molecule has 2 aromatic carbocycles. The van der Waals surface area contributed by atoms with Crippen molar-refractivity contribution < 1.29 is 13.9 Å². The van der Waals surface area contributed by atoms with Crippen molar-refractivity contribution in [3.05, 3.63) is 77.5 Å². The monoisotopic (exact) mass is 285 g/mol. The Labute approximate surface area is 120 Å². The second kappa shape index (κ2) is 4.90. The van der Waals surface area contributed by atoms with Gasteiger partial charge in [-0.05, 0) is 25.1 Å². The number of hydrogen-bond donors (Lipinski definition) is 1. The Morgan fingerprint density at radius 1 is 1.05 bits per heavy atom. The number of para-hydroxylation sites is 1. The van der Waals surface area contributed by atoms with Gasteiger partial charge in [-0.2, -0.15) is 0 Å². The highest BCUT2D eigenvalue weighted by Crippen LogP contribution is 2.32. The molecule has 0 saturated carbocycles. The van der Waals surface area contributed by atoms with Gasteiger partial charge in [0, 0.05) is 22.7 Å². The number of pyridine rings is 1. The molecule has 1 unspecified atom stereocenters. The highest BCUT2D eigenvalue weighted by Gasteiger charge is 2.30. The van der Waals surface area contributed by atoms with Crippen LogP contribution in [0.3, 0.4) is 0 Å². The van der Waals surface area contributed by atoms with Crippen LogP contribution in [-0.4, -0.2) is 10.1 Å². The normalized spacial score (nSPS) is 14.1. The summed E-state index contributed by atoms with van der Waals surface area (Å²) in [6, 6.07) is 12.9. The summed E-state index contributed by atoms with van der Waals surface area (Å²) in [5, 5.41) is 11.5. The summed E-state index contributed by atoms with van der Waals surface area (Å²) in [6.45, 7) is 1.43. The second-order valence-corrected chi connectivity index (χ2v) is 5.09. The average molecular weight is 285 g/mol. The first-order chi connectivity index (χ1) is 10.00. The first-order valence-corrected chi connectivity index (χ1v) is 6.52. The van der Waals surface area contributed by atoms with E-state index in [0.29, 0.717) is 5.56 Å². The molecule has 3 aromatic rings. The van der Waals surface area contributed by atoms with Crippen molar-refractivity contribution in [2.75, 3.05) is 0 Å². The van der Waals surface area contributed by atoms with Gasteiger partial charge in [0.25, 0.3) is 0 Å². The number of halogens is 2. The number of nitrogens with zero attached hydrogens (tertiary/aromatic N) is 1. The molecule has 0 amide bonds. The van der Waals surface area contributed by atoms with Gasteiger partial charge in [-0.25, -0.2) is 8.78 Å². The van der Waals surface area contributed by atoms with Gasteiger partial charge in [0.15, 0.2) is 11.6 Å². The van der Waals surface area contributed by atoms with E-state index < -0.39 is 17.2 Å². The SMILES string of the molecule is CC(O)(c1cnc2ccccc2c1)c1cccc(F)c1F. The molecule has 2 nitrogen and oxygen atoms in total. The maximum atomic E-state index is 13.9. The van der Waals surface area contributed by atoms with Crippen molar-refractivity contribution in [1.82, 2.24) is 4.98 Å². The minimum absolute atomic E-state index is 0.111. The molecule has 21 heavy (non-hydrogen) atoms. The minimum atomic E-state index is -1.66. The first-order valence-electron chi connectivity index (χ1n) is 6.52. The quantitative estimate of drug-likeness (QED) is 0.777. The molecule has 1 heterocycles. The summed E-state index contributed by atoms with van der Waals surface area (Å²) in [5.41, 5.74) is -0.592. The Kier molecular flexibility index (Phi) is 3.18. The summed E-state index contributed by atoms with van der Waals surface area (Å²) in [7, 11) is 0. The van der Waals surface area contributed by atoms with E-state index >= 15 is 0 Å². The predicted octanol–water partition coefficient (Wildman–Crippen LogP) is 3.77. The van der Waals surface area contributed by atoms with Crippen LogP contribution in [0, 0.1) is 11.6 Å². The van der Waals surface area contributed by atoms with E-state index in [2.05, 4.69) is 4.98 Å². The van der Waals surface area contributed by atoms with E-state index in [9.17, 15) is 13.9 Å². The third-order valence-corrected chi connectivity index (χ3v) is 3.63. The molecular formula is C17H13F2NO. The fourth-order valence-corrected chi connectivity index (χ4v) is 2.37. The molecule has 4 heteroatoms. The van der Waals surface area contributed by atoms with Crippen molar-refractivity contribution in [2.45, 2.75) is 12.5 Å². The lowest BCUT2D eigenvalue weighted by molar-refractivity contribution is 0.0968. The Balaban J connectivity index is 2.17. The second-order valence-electron chi connectivity index (χ2n) is 5.09. The highest BCUT2D eigenvalue weighted by atomic mass is 19.2.